The number of fused-ring (bicyclic) bond motifs is 1. The van der Waals surface area contributed by atoms with E-state index < -0.39 is 0 Å². The lowest BCUT2D eigenvalue weighted by Crippen LogP contribution is -2.50. The molecule has 10 heteroatoms. The standard InChI is InChI=1S/C20H19Cl2N5O3/c1-2-30-20(29)26-9-7-25(8-10-26)19(28)14-12-24-27-17(5-6-23-18(14)27)13-3-4-15(21)16(22)11-13/h3-6,11-12H,2,7-10H2,1H3. The molecule has 2 amide bonds. The second kappa shape index (κ2) is 8.49. The lowest BCUT2D eigenvalue weighted by molar-refractivity contribution is 0.0571. The Kier molecular flexibility index (Phi) is 5.78. The van der Waals surface area contributed by atoms with Gasteiger partial charge in [-0.05, 0) is 25.1 Å². The fourth-order valence-electron chi connectivity index (χ4n) is 3.39. The fourth-order valence-corrected chi connectivity index (χ4v) is 3.69. The third kappa shape index (κ3) is 3.80. The number of halogens is 2. The van der Waals surface area contributed by atoms with Crippen molar-refractivity contribution in [3.63, 3.8) is 0 Å². The Labute approximate surface area is 182 Å². The zero-order valence-corrected chi connectivity index (χ0v) is 17.7. The second-order valence-corrected chi connectivity index (χ2v) is 7.55. The van der Waals surface area contributed by atoms with E-state index in [2.05, 4.69) is 10.1 Å². The first-order chi connectivity index (χ1) is 14.5. The number of rotatable bonds is 3. The monoisotopic (exact) mass is 447 g/mol. The van der Waals surface area contributed by atoms with E-state index in [0.717, 1.165) is 11.3 Å². The summed E-state index contributed by atoms with van der Waals surface area (Å²) in [4.78, 5) is 32.6. The Balaban J connectivity index is 1.58. The van der Waals surface area contributed by atoms with Crippen LogP contribution < -0.4 is 0 Å². The van der Waals surface area contributed by atoms with Crippen molar-refractivity contribution < 1.29 is 14.3 Å². The lowest BCUT2D eigenvalue weighted by atomic mass is 10.1. The van der Waals surface area contributed by atoms with Crippen molar-refractivity contribution >= 4 is 40.8 Å². The molecule has 3 heterocycles. The number of ether oxygens (including phenoxy) is 1. The van der Waals surface area contributed by atoms with Gasteiger partial charge < -0.3 is 14.5 Å². The number of amides is 2. The maximum Gasteiger partial charge on any atom is 0.409 e. The maximum atomic E-state index is 13.1. The molecule has 0 atom stereocenters. The third-order valence-electron chi connectivity index (χ3n) is 4.94. The van der Waals surface area contributed by atoms with Gasteiger partial charge in [-0.1, -0.05) is 29.3 Å². The van der Waals surface area contributed by atoms with E-state index in [0.29, 0.717) is 54.0 Å². The summed E-state index contributed by atoms with van der Waals surface area (Å²) in [6.45, 7) is 3.77. The Morgan fingerprint density at radius 2 is 1.80 bits per heavy atom. The predicted octanol–water partition coefficient (Wildman–Crippen LogP) is 3.62. The molecule has 30 heavy (non-hydrogen) atoms. The summed E-state index contributed by atoms with van der Waals surface area (Å²) in [5.41, 5.74) is 2.41. The van der Waals surface area contributed by atoms with E-state index in [-0.39, 0.29) is 12.0 Å². The summed E-state index contributed by atoms with van der Waals surface area (Å²) in [7, 11) is 0. The van der Waals surface area contributed by atoms with Crippen LogP contribution in [0.4, 0.5) is 4.79 Å². The van der Waals surface area contributed by atoms with Crippen molar-refractivity contribution in [3.8, 4) is 11.3 Å². The molecule has 1 fully saturated rings. The summed E-state index contributed by atoms with van der Waals surface area (Å²) < 4.78 is 6.63. The molecule has 0 radical (unpaired) electrons. The van der Waals surface area contributed by atoms with Gasteiger partial charge in [0.2, 0.25) is 0 Å². The summed E-state index contributed by atoms with van der Waals surface area (Å²) in [6.07, 6.45) is 2.79. The number of piperazine rings is 1. The van der Waals surface area contributed by atoms with E-state index in [9.17, 15) is 9.59 Å². The van der Waals surface area contributed by atoms with Crippen molar-refractivity contribution in [1.29, 1.82) is 0 Å². The second-order valence-electron chi connectivity index (χ2n) is 6.73. The number of nitrogens with zero attached hydrogens (tertiary/aromatic N) is 5. The summed E-state index contributed by atoms with van der Waals surface area (Å²) in [5, 5.41) is 5.27. The molecule has 0 bridgehead atoms. The van der Waals surface area contributed by atoms with Gasteiger partial charge in [0.15, 0.2) is 5.65 Å². The Bertz CT molecular complexity index is 1110. The van der Waals surface area contributed by atoms with Gasteiger partial charge in [0, 0.05) is 37.9 Å². The van der Waals surface area contributed by atoms with Crippen molar-refractivity contribution in [1.82, 2.24) is 24.4 Å². The van der Waals surface area contributed by atoms with E-state index >= 15 is 0 Å². The first kappa shape index (κ1) is 20.4. The molecule has 0 saturated carbocycles. The van der Waals surface area contributed by atoms with Crippen LogP contribution in [0.2, 0.25) is 10.0 Å². The summed E-state index contributed by atoms with van der Waals surface area (Å²) in [6, 6.07) is 7.09. The molecule has 4 rings (SSSR count). The topological polar surface area (TPSA) is 80.0 Å². The zero-order valence-electron chi connectivity index (χ0n) is 16.2. The minimum Gasteiger partial charge on any atom is -0.450 e. The molecule has 0 unspecified atom stereocenters. The molecule has 1 aliphatic heterocycles. The predicted molar refractivity (Wildman–Crippen MR) is 113 cm³/mol. The SMILES string of the molecule is CCOC(=O)N1CCN(C(=O)c2cnn3c(-c4ccc(Cl)c(Cl)c4)ccnc23)CC1. The highest BCUT2D eigenvalue weighted by molar-refractivity contribution is 6.42. The molecule has 0 aliphatic carbocycles. The van der Waals surface area contributed by atoms with Gasteiger partial charge in [-0.3, -0.25) is 4.79 Å². The summed E-state index contributed by atoms with van der Waals surface area (Å²) in [5.74, 6) is -0.174. The zero-order chi connectivity index (χ0) is 21.3. The number of carbonyl (C=O) groups is 2. The van der Waals surface area contributed by atoms with Crippen molar-refractivity contribution in [3.05, 3.63) is 52.3 Å². The fraction of sp³-hybridized carbons (Fsp3) is 0.300. The number of hydrogen-bond donors (Lipinski definition) is 0. The van der Waals surface area contributed by atoms with Crippen LogP contribution in [-0.4, -0.2) is 69.2 Å². The third-order valence-corrected chi connectivity index (χ3v) is 5.68. The largest absolute Gasteiger partial charge is 0.450 e. The molecular formula is C20H19Cl2N5O3. The Morgan fingerprint density at radius 1 is 1.07 bits per heavy atom. The molecule has 1 aliphatic rings. The Morgan fingerprint density at radius 3 is 2.50 bits per heavy atom. The molecule has 1 aromatic carbocycles. The van der Waals surface area contributed by atoms with E-state index in [1.807, 2.05) is 6.07 Å². The quantitative estimate of drug-likeness (QED) is 0.612. The van der Waals surface area contributed by atoms with Crippen LogP contribution >= 0.6 is 23.2 Å². The minimum absolute atomic E-state index is 0.174. The molecule has 3 aromatic rings. The van der Waals surface area contributed by atoms with Crippen molar-refractivity contribution in [2.75, 3.05) is 32.8 Å². The average Bonchev–Trinajstić information content (AvgIpc) is 3.20. The van der Waals surface area contributed by atoms with Crippen LogP contribution in [0.5, 0.6) is 0 Å². The van der Waals surface area contributed by atoms with Crippen molar-refractivity contribution in [2.45, 2.75) is 6.92 Å². The van der Waals surface area contributed by atoms with Crippen LogP contribution in [0.3, 0.4) is 0 Å². The number of aromatic nitrogens is 3. The smallest absolute Gasteiger partial charge is 0.409 e. The minimum atomic E-state index is -0.353. The average molecular weight is 448 g/mol. The lowest BCUT2D eigenvalue weighted by Gasteiger charge is -2.33. The molecule has 1 saturated heterocycles. The van der Waals surface area contributed by atoms with E-state index in [1.165, 1.54) is 6.20 Å². The van der Waals surface area contributed by atoms with Gasteiger partial charge in [-0.25, -0.2) is 14.3 Å². The van der Waals surface area contributed by atoms with Crippen LogP contribution in [-0.2, 0) is 4.74 Å². The number of carbonyl (C=O) groups excluding carboxylic acids is 2. The highest BCUT2D eigenvalue weighted by Crippen LogP contribution is 2.29. The molecule has 156 valence electrons. The normalized spacial score (nSPS) is 14.2. The molecule has 2 aromatic heterocycles. The first-order valence-corrected chi connectivity index (χ1v) is 10.2. The van der Waals surface area contributed by atoms with Gasteiger partial charge >= 0.3 is 6.09 Å². The molecule has 8 nitrogen and oxygen atoms in total. The van der Waals surface area contributed by atoms with Crippen LogP contribution in [0.25, 0.3) is 16.9 Å². The highest BCUT2D eigenvalue weighted by Gasteiger charge is 2.27. The van der Waals surface area contributed by atoms with Crippen LogP contribution in [0.15, 0.2) is 36.7 Å². The van der Waals surface area contributed by atoms with Gasteiger partial charge in [0.05, 0.1) is 28.5 Å². The Hall–Kier alpha value is -2.84. The van der Waals surface area contributed by atoms with E-state index in [1.54, 1.807) is 45.6 Å². The van der Waals surface area contributed by atoms with E-state index in [4.69, 9.17) is 27.9 Å². The highest BCUT2D eigenvalue weighted by atomic mass is 35.5. The van der Waals surface area contributed by atoms with Crippen LogP contribution in [0, 0.1) is 0 Å². The van der Waals surface area contributed by atoms with Gasteiger partial charge in [0.1, 0.15) is 5.56 Å². The van der Waals surface area contributed by atoms with Crippen LogP contribution in [0.1, 0.15) is 17.3 Å². The number of hydrogen-bond acceptors (Lipinski definition) is 5. The van der Waals surface area contributed by atoms with Crippen molar-refractivity contribution in [2.24, 2.45) is 0 Å². The summed E-state index contributed by atoms with van der Waals surface area (Å²) >= 11 is 12.2. The number of benzene rings is 1. The first-order valence-electron chi connectivity index (χ1n) is 9.48. The molecular weight excluding hydrogens is 429 g/mol. The maximum absolute atomic E-state index is 13.1. The van der Waals surface area contributed by atoms with Gasteiger partial charge in [-0.15, -0.1) is 0 Å². The van der Waals surface area contributed by atoms with Gasteiger partial charge in [0.25, 0.3) is 5.91 Å². The molecule has 0 N–H and O–H groups in total. The van der Waals surface area contributed by atoms with Gasteiger partial charge in [-0.2, -0.15) is 5.10 Å². The molecule has 0 spiro atoms.